The van der Waals surface area contributed by atoms with Crippen LogP contribution in [0.5, 0.6) is 11.5 Å². The van der Waals surface area contributed by atoms with E-state index in [-0.39, 0.29) is 21.1 Å². The Morgan fingerprint density at radius 2 is 1.33 bits per heavy atom. The molecule has 5 aromatic carbocycles. The van der Waals surface area contributed by atoms with E-state index >= 15 is 0 Å². The van der Waals surface area contributed by atoms with Gasteiger partial charge in [-0.1, -0.05) is 72.4 Å². The van der Waals surface area contributed by atoms with E-state index in [9.17, 15) is 0 Å². The predicted octanol–water partition coefficient (Wildman–Crippen LogP) is 5.43. The van der Waals surface area contributed by atoms with Gasteiger partial charge in [-0.05, 0) is 50.6 Å². The maximum Gasteiger partial charge on any atom is 2.00 e. The predicted molar refractivity (Wildman–Crippen MR) is 176 cm³/mol. The molecule has 0 fully saturated rings. The van der Waals surface area contributed by atoms with Gasteiger partial charge in [0.05, 0.1) is 5.52 Å². The summed E-state index contributed by atoms with van der Waals surface area (Å²) < 4.78 is 10.6. The van der Waals surface area contributed by atoms with Crippen LogP contribution in [0.25, 0.3) is 44.4 Å². The molecule has 8 aromatic rings. The third-order valence-electron chi connectivity index (χ3n) is 9.15. The molecular weight excluding hydrogens is 752 g/mol. The largest absolute Gasteiger partial charge is 2.00 e. The van der Waals surface area contributed by atoms with Crippen LogP contribution in [0.3, 0.4) is 0 Å². The van der Waals surface area contributed by atoms with Crippen molar-refractivity contribution < 1.29 is 25.8 Å². The molecule has 0 radical (unpaired) electrons. The molecule has 10 rings (SSSR count). The zero-order chi connectivity index (χ0) is 28.8. The number of ether oxygens (including phenoxy) is 1. The number of pyridine rings is 1. The minimum absolute atomic E-state index is 0. The molecule has 5 nitrogen and oxygen atoms in total. The normalized spacial score (nSPS) is 13.3. The second-order valence-electron chi connectivity index (χ2n) is 11.3. The molecule has 0 amide bonds. The number of nitrogens with zero attached hydrogens (tertiary/aromatic N) is 4. The van der Waals surface area contributed by atoms with E-state index in [0.717, 1.165) is 22.4 Å². The Bertz CT molecular complexity index is 2400. The molecule has 0 unspecified atom stereocenters. The summed E-state index contributed by atoms with van der Waals surface area (Å²) in [6.07, 6.45) is 5.53. The van der Waals surface area contributed by atoms with Crippen LogP contribution in [0.2, 0.25) is 0 Å². The minimum Gasteiger partial charge on any atom is -0.509 e. The topological polar surface area (TPSA) is 44.9 Å². The fraction of sp³-hybridized carbons (Fsp3) is 0. The number of benzene rings is 5. The van der Waals surface area contributed by atoms with Crippen molar-refractivity contribution >= 4 is 50.8 Å². The van der Waals surface area contributed by atoms with Gasteiger partial charge in [-0.2, -0.15) is 17.2 Å². The first-order valence-electron chi connectivity index (χ1n) is 14.7. The molecule has 0 N–H and O–H groups in total. The van der Waals surface area contributed by atoms with Gasteiger partial charge in [-0.15, -0.1) is 35.5 Å². The zero-order valence-corrected chi connectivity index (χ0v) is 27.0. The summed E-state index contributed by atoms with van der Waals surface area (Å²) in [5, 5.41) is 12.2. The number of para-hydroxylation sites is 1. The SMILES string of the molecule is [Pt+2].[c-]1c(Oc2[c-]c3c(cc2)[Si]2(c4ccccc4-c4ccccc42)c2cccc4c5cccnc5n-3c24)cccc1-n1cccn1. The maximum atomic E-state index is 6.48. The molecular formula is C38H22N4OPtSi. The summed E-state index contributed by atoms with van der Waals surface area (Å²) in [5.74, 6) is 1.24. The van der Waals surface area contributed by atoms with Crippen molar-refractivity contribution in [2.75, 3.05) is 0 Å². The van der Waals surface area contributed by atoms with E-state index in [1.807, 2.05) is 42.7 Å². The first-order chi connectivity index (χ1) is 21.8. The quantitative estimate of drug-likeness (QED) is 0.178. The Morgan fingerprint density at radius 1 is 0.600 bits per heavy atom. The van der Waals surface area contributed by atoms with Gasteiger partial charge in [-0.3, -0.25) is 4.68 Å². The van der Waals surface area contributed by atoms with Gasteiger partial charge in [-0.25, -0.2) is 4.98 Å². The van der Waals surface area contributed by atoms with Crippen LogP contribution >= 0.6 is 0 Å². The first kappa shape index (κ1) is 26.4. The van der Waals surface area contributed by atoms with E-state index in [1.54, 1.807) is 10.9 Å². The van der Waals surface area contributed by atoms with Crippen molar-refractivity contribution in [3.8, 4) is 34.0 Å². The smallest absolute Gasteiger partial charge is 0.509 e. The summed E-state index contributed by atoms with van der Waals surface area (Å²) >= 11 is 0. The van der Waals surface area contributed by atoms with Crippen molar-refractivity contribution in [1.29, 1.82) is 0 Å². The van der Waals surface area contributed by atoms with Gasteiger partial charge in [0.1, 0.15) is 13.7 Å². The molecule has 0 atom stereocenters. The van der Waals surface area contributed by atoms with Crippen LogP contribution in [-0.4, -0.2) is 27.4 Å². The third-order valence-corrected chi connectivity index (χ3v) is 14.1. The van der Waals surface area contributed by atoms with Gasteiger partial charge in [0.15, 0.2) is 0 Å². The Morgan fingerprint density at radius 3 is 2.13 bits per heavy atom. The first-order valence-corrected chi connectivity index (χ1v) is 16.7. The number of rotatable bonds is 3. The zero-order valence-electron chi connectivity index (χ0n) is 23.7. The van der Waals surface area contributed by atoms with E-state index in [1.165, 1.54) is 42.8 Å². The number of hydrogen-bond acceptors (Lipinski definition) is 3. The third kappa shape index (κ3) is 3.46. The summed E-state index contributed by atoms with van der Waals surface area (Å²) in [6, 6.07) is 48.2. The van der Waals surface area contributed by atoms with E-state index < -0.39 is 8.07 Å². The van der Waals surface area contributed by atoms with Gasteiger partial charge >= 0.3 is 21.1 Å². The molecule has 0 aliphatic carbocycles. The van der Waals surface area contributed by atoms with Crippen LogP contribution in [0.15, 0.2) is 134 Å². The summed E-state index contributed by atoms with van der Waals surface area (Å²) in [7, 11) is -2.71. The van der Waals surface area contributed by atoms with Crippen LogP contribution in [0, 0.1) is 12.1 Å². The monoisotopic (exact) mass is 773 g/mol. The molecule has 3 aromatic heterocycles. The molecule has 0 saturated carbocycles. The average Bonchev–Trinajstić information content (AvgIpc) is 3.80. The Balaban J connectivity index is 0.00000281. The minimum atomic E-state index is -2.71. The van der Waals surface area contributed by atoms with E-state index in [2.05, 4.69) is 107 Å². The second-order valence-corrected chi connectivity index (χ2v) is 14.9. The Hall–Kier alpha value is -5.03. The van der Waals surface area contributed by atoms with E-state index in [0.29, 0.717) is 11.5 Å². The molecule has 5 heterocycles. The maximum absolute atomic E-state index is 6.48. The number of hydrogen-bond donors (Lipinski definition) is 0. The fourth-order valence-electron chi connectivity index (χ4n) is 7.54. The van der Waals surface area contributed by atoms with Crippen LogP contribution in [-0.2, 0) is 21.1 Å². The van der Waals surface area contributed by atoms with Crippen molar-refractivity contribution in [3.63, 3.8) is 0 Å². The molecule has 2 aliphatic heterocycles. The van der Waals surface area contributed by atoms with Crippen molar-refractivity contribution in [3.05, 3.63) is 146 Å². The summed E-state index contributed by atoms with van der Waals surface area (Å²) in [4.78, 5) is 4.92. The van der Waals surface area contributed by atoms with Crippen molar-refractivity contribution in [1.82, 2.24) is 19.3 Å². The van der Waals surface area contributed by atoms with Gasteiger partial charge in [0, 0.05) is 40.9 Å². The number of aromatic nitrogens is 4. The van der Waals surface area contributed by atoms with Gasteiger partial charge in [0.2, 0.25) is 0 Å². The summed E-state index contributed by atoms with van der Waals surface area (Å²) in [5.41, 5.74) is 6.61. The van der Waals surface area contributed by atoms with E-state index in [4.69, 9.17) is 9.72 Å². The van der Waals surface area contributed by atoms with Gasteiger partial charge < -0.3 is 9.30 Å². The van der Waals surface area contributed by atoms with Gasteiger partial charge in [0.25, 0.3) is 0 Å². The molecule has 0 bridgehead atoms. The average molecular weight is 774 g/mol. The van der Waals surface area contributed by atoms with Crippen LogP contribution in [0.4, 0.5) is 0 Å². The van der Waals surface area contributed by atoms with Crippen molar-refractivity contribution in [2.24, 2.45) is 0 Å². The molecule has 45 heavy (non-hydrogen) atoms. The second kappa shape index (κ2) is 9.73. The Kier molecular flexibility index (Phi) is 5.70. The summed E-state index contributed by atoms with van der Waals surface area (Å²) in [6.45, 7) is 0. The molecule has 1 spiro atoms. The molecule has 2 aliphatic rings. The molecule has 214 valence electrons. The molecule has 7 heteroatoms. The standard InChI is InChI=1S/C38H22N4OSi.Pt/c1-3-15-33-28(11-1)29-12-2-4-16-34(29)44(33)35-19-18-27(43-26-10-5-9-25(23-26)41-22-8-21-40-41)24-32(35)42-37-30(13-6-17-36(37)44)31-14-7-20-39-38(31)42;/h1-22H;/q-2;+2. The van der Waals surface area contributed by atoms with Crippen LogP contribution in [0.1, 0.15) is 0 Å². The fourth-order valence-corrected chi connectivity index (χ4v) is 13.0. The van der Waals surface area contributed by atoms with Crippen LogP contribution < -0.4 is 25.5 Å². The Labute approximate surface area is 274 Å². The van der Waals surface area contributed by atoms with Crippen molar-refractivity contribution in [2.45, 2.75) is 0 Å². The number of fused-ring (bicyclic) bond motifs is 12. The molecule has 0 saturated heterocycles.